The Labute approximate surface area is 83.6 Å². The second-order valence-electron chi connectivity index (χ2n) is 2.55. The first-order valence-corrected chi connectivity index (χ1v) is 4.60. The zero-order chi connectivity index (χ0) is 11.6. The van der Waals surface area contributed by atoms with Crippen molar-refractivity contribution in [3.63, 3.8) is 0 Å². The lowest BCUT2D eigenvalue weighted by Gasteiger charge is -2.17. The topological polar surface area (TPSA) is 83.7 Å². The number of hydrogen-bond donors (Lipinski definition) is 1. The maximum Gasteiger partial charge on any atom is 0.291 e. The Morgan fingerprint density at radius 3 is 1.93 bits per heavy atom. The molecule has 0 aromatic rings. The maximum atomic E-state index is 11.1. The third-order valence-corrected chi connectivity index (χ3v) is 1.58. The van der Waals surface area contributed by atoms with Gasteiger partial charge in [0.05, 0.1) is 0 Å². The second-order valence-corrected chi connectivity index (χ2v) is 2.55. The largest absolute Gasteiger partial charge is 0.343 e. The summed E-state index contributed by atoms with van der Waals surface area (Å²) in [6.07, 6.45) is 1.65. The van der Waals surface area contributed by atoms with Gasteiger partial charge < -0.3 is 10.1 Å². The fraction of sp³-hybridized carbons (Fsp3) is 0.875. The zero-order valence-corrected chi connectivity index (χ0v) is 8.89. The highest BCUT2D eigenvalue weighted by Crippen LogP contribution is 1.95. The van der Waals surface area contributed by atoms with E-state index in [1.165, 1.54) is 0 Å². The van der Waals surface area contributed by atoms with Gasteiger partial charge in [-0.2, -0.15) is 0 Å². The van der Waals surface area contributed by atoms with E-state index < -0.39 is 5.09 Å². The highest BCUT2D eigenvalue weighted by atomic mass is 16.9. The van der Waals surface area contributed by atoms with E-state index in [1.807, 2.05) is 25.7 Å². The molecule has 0 aliphatic carbocycles. The van der Waals surface area contributed by atoms with E-state index in [1.54, 1.807) is 0 Å². The SMILES string of the molecule is CCCC(=O)N(CC)CC.O=[N+]([O-])O. The Hall–Kier alpha value is -1.33. The van der Waals surface area contributed by atoms with E-state index in [9.17, 15) is 4.79 Å². The van der Waals surface area contributed by atoms with Crippen LogP contribution in [0, 0.1) is 10.1 Å². The van der Waals surface area contributed by atoms with E-state index in [0.717, 1.165) is 19.5 Å². The Bertz CT molecular complexity index is 165. The smallest absolute Gasteiger partial charge is 0.291 e. The van der Waals surface area contributed by atoms with Gasteiger partial charge in [-0.05, 0) is 20.3 Å². The van der Waals surface area contributed by atoms with Crippen molar-refractivity contribution in [1.29, 1.82) is 0 Å². The summed E-state index contributed by atoms with van der Waals surface area (Å²) in [5.41, 5.74) is 0. The summed E-state index contributed by atoms with van der Waals surface area (Å²) in [7, 11) is 0. The maximum absolute atomic E-state index is 11.1. The molecule has 0 aliphatic rings. The van der Waals surface area contributed by atoms with E-state index in [0.29, 0.717) is 6.42 Å². The standard InChI is InChI=1S/C8H17NO.HNO3/c1-4-7-8(10)9(5-2)6-3;2-1(3)4/h4-7H2,1-3H3;(H,2,3,4). The average Bonchev–Trinajstić information content (AvgIpc) is 2.06. The summed E-state index contributed by atoms with van der Waals surface area (Å²) in [6.45, 7) is 7.74. The third-order valence-electron chi connectivity index (χ3n) is 1.58. The molecule has 1 N–H and O–H groups in total. The molecule has 0 aromatic heterocycles. The molecule has 0 aliphatic heterocycles. The number of amides is 1. The summed E-state index contributed by atoms with van der Waals surface area (Å²) in [6, 6.07) is 0. The molecule has 0 aromatic carbocycles. The number of rotatable bonds is 4. The molecule has 6 nitrogen and oxygen atoms in total. The van der Waals surface area contributed by atoms with E-state index in [4.69, 9.17) is 15.3 Å². The predicted molar refractivity (Wildman–Crippen MR) is 51.6 cm³/mol. The van der Waals surface area contributed by atoms with Crippen LogP contribution in [0.25, 0.3) is 0 Å². The number of carbonyl (C=O) groups excluding carboxylic acids is 1. The van der Waals surface area contributed by atoms with Crippen LogP contribution in [0.4, 0.5) is 0 Å². The van der Waals surface area contributed by atoms with Crippen molar-refractivity contribution in [1.82, 2.24) is 4.90 Å². The van der Waals surface area contributed by atoms with Gasteiger partial charge in [0.15, 0.2) is 0 Å². The molecule has 1 amide bonds. The summed E-state index contributed by atoms with van der Waals surface area (Å²) in [5.74, 6) is 0.285. The first-order valence-electron chi connectivity index (χ1n) is 4.60. The molecule has 84 valence electrons. The third kappa shape index (κ3) is 10.7. The van der Waals surface area contributed by atoms with Crippen molar-refractivity contribution in [3.05, 3.63) is 10.1 Å². The van der Waals surface area contributed by atoms with Crippen LogP contribution in [-0.2, 0) is 4.79 Å². The summed E-state index contributed by atoms with van der Waals surface area (Å²) >= 11 is 0. The average molecular weight is 206 g/mol. The number of nitrogens with zero attached hydrogens (tertiary/aromatic N) is 2. The van der Waals surface area contributed by atoms with Gasteiger partial charge in [0, 0.05) is 19.5 Å². The van der Waals surface area contributed by atoms with Crippen LogP contribution in [0.5, 0.6) is 0 Å². The highest BCUT2D eigenvalue weighted by molar-refractivity contribution is 5.75. The van der Waals surface area contributed by atoms with Gasteiger partial charge in [0.25, 0.3) is 5.09 Å². The normalized spacial score (nSPS) is 8.50. The minimum atomic E-state index is -1.50. The lowest BCUT2D eigenvalue weighted by Crippen LogP contribution is -2.29. The summed E-state index contributed by atoms with van der Waals surface area (Å²) < 4.78 is 0. The molecule has 0 saturated carbocycles. The molecule has 0 fully saturated rings. The second kappa shape index (κ2) is 9.76. The van der Waals surface area contributed by atoms with Gasteiger partial charge in [0.2, 0.25) is 5.91 Å². The van der Waals surface area contributed by atoms with Gasteiger partial charge >= 0.3 is 0 Å². The molecule has 0 heterocycles. The van der Waals surface area contributed by atoms with Crippen molar-refractivity contribution in [2.75, 3.05) is 13.1 Å². The first-order chi connectivity index (χ1) is 6.49. The fourth-order valence-electron chi connectivity index (χ4n) is 0.948. The monoisotopic (exact) mass is 206 g/mol. The van der Waals surface area contributed by atoms with Crippen molar-refractivity contribution >= 4 is 5.91 Å². The Morgan fingerprint density at radius 1 is 1.36 bits per heavy atom. The van der Waals surface area contributed by atoms with Crippen molar-refractivity contribution in [2.24, 2.45) is 0 Å². The van der Waals surface area contributed by atoms with Gasteiger partial charge in [-0.3, -0.25) is 4.79 Å². The Morgan fingerprint density at radius 2 is 1.71 bits per heavy atom. The first kappa shape index (κ1) is 15.2. The van der Waals surface area contributed by atoms with E-state index >= 15 is 0 Å². The van der Waals surface area contributed by atoms with Gasteiger partial charge in [-0.1, -0.05) is 6.92 Å². The summed E-state index contributed by atoms with van der Waals surface area (Å²) in [5, 5.41) is 13.6. The van der Waals surface area contributed by atoms with Crippen molar-refractivity contribution < 1.29 is 15.1 Å². The molecule has 0 rings (SSSR count). The Kier molecular flexibility index (Phi) is 10.6. The molecular formula is C8H18N2O4. The molecule has 0 atom stereocenters. The summed E-state index contributed by atoms with van der Waals surface area (Å²) in [4.78, 5) is 21.4. The van der Waals surface area contributed by atoms with Crippen LogP contribution in [-0.4, -0.2) is 34.2 Å². The van der Waals surface area contributed by atoms with Crippen LogP contribution in [0.15, 0.2) is 0 Å². The fourth-order valence-corrected chi connectivity index (χ4v) is 0.948. The molecule has 0 radical (unpaired) electrons. The van der Waals surface area contributed by atoms with Crippen molar-refractivity contribution in [2.45, 2.75) is 33.6 Å². The predicted octanol–water partition coefficient (Wildman–Crippen LogP) is 1.31. The Balaban J connectivity index is 0. The van der Waals surface area contributed by atoms with Crippen LogP contribution in [0.1, 0.15) is 33.6 Å². The van der Waals surface area contributed by atoms with E-state index in [-0.39, 0.29) is 5.91 Å². The van der Waals surface area contributed by atoms with Crippen LogP contribution < -0.4 is 0 Å². The van der Waals surface area contributed by atoms with Crippen molar-refractivity contribution in [3.8, 4) is 0 Å². The number of carbonyl (C=O) groups is 1. The highest BCUT2D eigenvalue weighted by Gasteiger charge is 2.06. The quantitative estimate of drug-likeness (QED) is 0.555. The van der Waals surface area contributed by atoms with Gasteiger partial charge in [-0.15, -0.1) is 10.1 Å². The van der Waals surface area contributed by atoms with Crippen LogP contribution in [0.2, 0.25) is 0 Å². The van der Waals surface area contributed by atoms with E-state index in [2.05, 4.69) is 0 Å². The zero-order valence-electron chi connectivity index (χ0n) is 8.89. The van der Waals surface area contributed by atoms with Gasteiger partial charge in [-0.25, -0.2) is 0 Å². The van der Waals surface area contributed by atoms with Crippen LogP contribution >= 0.6 is 0 Å². The number of hydrogen-bond acceptors (Lipinski definition) is 3. The van der Waals surface area contributed by atoms with Gasteiger partial charge in [0.1, 0.15) is 0 Å². The lowest BCUT2D eigenvalue weighted by molar-refractivity contribution is -0.742. The molecular weight excluding hydrogens is 188 g/mol. The van der Waals surface area contributed by atoms with Crippen LogP contribution in [0.3, 0.4) is 0 Å². The minimum Gasteiger partial charge on any atom is -0.343 e. The molecule has 14 heavy (non-hydrogen) atoms. The lowest BCUT2D eigenvalue weighted by atomic mass is 10.3. The molecule has 0 saturated heterocycles. The molecule has 0 unspecified atom stereocenters. The molecule has 6 heteroatoms. The molecule has 0 bridgehead atoms. The molecule has 0 spiro atoms. The minimum absolute atomic E-state index is 0.285.